The Hall–Kier alpha value is -1.33. The van der Waals surface area contributed by atoms with Crippen LogP contribution in [0, 0.1) is 0 Å². The third-order valence-corrected chi connectivity index (χ3v) is 1.90. The molecule has 1 aromatic heterocycles. The summed E-state index contributed by atoms with van der Waals surface area (Å²) in [5.74, 6) is -0.477. The number of nitrogens with zero attached hydrogens (tertiary/aromatic N) is 2. The molecule has 0 aliphatic rings. The molecular weight excluding hydrogens is 209 g/mol. The molecule has 84 valence electrons. The molecule has 0 N–H and O–H groups in total. The van der Waals surface area contributed by atoms with Crippen LogP contribution in [0.1, 0.15) is 19.2 Å². The number of hydrogen-bond acceptors (Lipinski definition) is 2. The number of alkyl halides is 3. The highest BCUT2D eigenvalue weighted by Gasteiger charge is 2.31. The summed E-state index contributed by atoms with van der Waals surface area (Å²) in [4.78, 5) is 14.9. The molecule has 0 aromatic carbocycles. The number of aromatic nitrogens is 2. The number of halogens is 3. The van der Waals surface area contributed by atoms with Gasteiger partial charge in [0.05, 0.1) is 6.42 Å². The van der Waals surface area contributed by atoms with Gasteiger partial charge >= 0.3 is 6.18 Å². The average Bonchev–Trinajstić information content (AvgIpc) is 2.48. The molecule has 0 atom stereocenters. The van der Waals surface area contributed by atoms with Crippen molar-refractivity contribution in [3.8, 4) is 0 Å². The maximum atomic E-state index is 11.9. The van der Waals surface area contributed by atoms with Gasteiger partial charge in [0, 0.05) is 18.9 Å². The minimum absolute atomic E-state index is 0.264. The van der Waals surface area contributed by atoms with Crippen LogP contribution in [0.2, 0.25) is 0 Å². The van der Waals surface area contributed by atoms with Crippen LogP contribution in [0.15, 0.2) is 12.4 Å². The summed E-state index contributed by atoms with van der Waals surface area (Å²) in [6.45, 7) is 2.42. The lowest BCUT2D eigenvalue weighted by Crippen LogP contribution is -2.18. The fourth-order valence-corrected chi connectivity index (χ4v) is 1.26. The molecule has 0 unspecified atom stereocenters. The fraction of sp³-hybridized carbons (Fsp3) is 0.556. The first-order valence-electron chi connectivity index (χ1n) is 4.51. The lowest BCUT2D eigenvalue weighted by molar-refractivity contribution is -0.151. The Bertz CT molecular complexity index is 343. The van der Waals surface area contributed by atoms with Crippen molar-refractivity contribution in [3.63, 3.8) is 0 Å². The van der Waals surface area contributed by atoms with E-state index in [1.165, 1.54) is 6.20 Å². The van der Waals surface area contributed by atoms with Crippen molar-refractivity contribution in [2.75, 3.05) is 0 Å². The van der Waals surface area contributed by atoms with E-state index in [1.807, 2.05) is 6.92 Å². The van der Waals surface area contributed by atoms with Crippen LogP contribution in [0.25, 0.3) is 0 Å². The van der Waals surface area contributed by atoms with Gasteiger partial charge in [0.25, 0.3) is 0 Å². The summed E-state index contributed by atoms with van der Waals surface area (Å²) in [6, 6.07) is 0. The van der Waals surface area contributed by atoms with Gasteiger partial charge in [-0.25, -0.2) is 4.98 Å². The predicted molar refractivity (Wildman–Crippen MR) is 47.3 cm³/mol. The quantitative estimate of drug-likeness (QED) is 0.777. The highest BCUT2D eigenvalue weighted by molar-refractivity contribution is 5.80. The molecule has 0 amide bonds. The van der Waals surface area contributed by atoms with E-state index in [2.05, 4.69) is 4.98 Å². The van der Waals surface area contributed by atoms with Crippen molar-refractivity contribution in [1.82, 2.24) is 9.55 Å². The summed E-state index contributed by atoms with van der Waals surface area (Å²) in [5, 5.41) is 0. The molecule has 6 heteroatoms. The van der Waals surface area contributed by atoms with Crippen LogP contribution in [-0.2, 0) is 17.8 Å². The minimum atomic E-state index is -4.43. The van der Waals surface area contributed by atoms with Gasteiger partial charge in [-0.3, -0.25) is 4.79 Å². The number of carbonyl (C=O) groups is 1. The van der Waals surface area contributed by atoms with Gasteiger partial charge in [-0.2, -0.15) is 13.2 Å². The summed E-state index contributed by atoms with van der Waals surface area (Å²) >= 11 is 0. The molecule has 15 heavy (non-hydrogen) atoms. The first-order valence-corrected chi connectivity index (χ1v) is 4.51. The van der Waals surface area contributed by atoms with Gasteiger partial charge in [-0.05, 0) is 6.92 Å². The molecule has 1 aromatic rings. The number of hydrogen-bond donors (Lipinski definition) is 0. The second-order valence-corrected chi connectivity index (χ2v) is 3.14. The number of Topliss-reactive ketones (excluding diaryl/α,β-unsaturated/α-hetero) is 1. The zero-order chi connectivity index (χ0) is 11.5. The number of imidazole rings is 1. The van der Waals surface area contributed by atoms with E-state index < -0.39 is 18.4 Å². The molecule has 0 radical (unpaired) electrons. The van der Waals surface area contributed by atoms with Crippen LogP contribution in [0.5, 0.6) is 0 Å². The molecular formula is C9H11F3N2O. The maximum absolute atomic E-state index is 11.9. The van der Waals surface area contributed by atoms with Gasteiger partial charge in [-0.15, -0.1) is 0 Å². The lowest BCUT2D eigenvalue weighted by Gasteiger charge is -2.06. The Morgan fingerprint density at radius 1 is 1.53 bits per heavy atom. The Morgan fingerprint density at radius 2 is 2.20 bits per heavy atom. The summed E-state index contributed by atoms with van der Waals surface area (Å²) in [5.41, 5.74) is 0. The van der Waals surface area contributed by atoms with E-state index in [-0.39, 0.29) is 6.42 Å². The topological polar surface area (TPSA) is 34.9 Å². The summed E-state index contributed by atoms with van der Waals surface area (Å²) in [7, 11) is 0. The first-order chi connectivity index (χ1) is 6.92. The van der Waals surface area contributed by atoms with E-state index in [9.17, 15) is 18.0 Å². The third kappa shape index (κ3) is 3.73. The Labute approximate surface area is 84.9 Å². The van der Waals surface area contributed by atoms with Crippen molar-refractivity contribution in [2.24, 2.45) is 0 Å². The molecule has 0 fully saturated rings. The van der Waals surface area contributed by atoms with E-state index in [4.69, 9.17) is 0 Å². The lowest BCUT2D eigenvalue weighted by atomic mass is 10.2. The standard InChI is InChI=1S/C9H11F3N2O/c1-2-14-4-3-13-8(14)5-7(15)6-9(10,11)12/h3-4H,2,5-6H2,1H3. The molecule has 1 rings (SSSR count). The second-order valence-electron chi connectivity index (χ2n) is 3.14. The third-order valence-electron chi connectivity index (χ3n) is 1.90. The van der Waals surface area contributed by atoms with Gasteiger partial charge in [0.2, 0.25) is 0 Å². The van der Waals surface area contributed by atoms with Crippen LogP contribution < -0.4 is 0 Å². The van der Waals surface area contributed by atoms with Crippen LogP contribution >= 0.6 is 0 Å². The van der Waals surface area contributed by atoms with E-state index in [0.29, 0.717) is 12.4 Å². The van der Waals surface area contributed by atoms with Crippen molar-refractivity contribution in [1.29, 1.82) is 0 Å². The van der Waals surface area contributed by atoms with Gasteiger partial charge in [-0.1, -0.05) is 0 Å². The highest BCUT2D eigenvalue weighted by atomic mass is 19.4. The van der Waals surface area contributed by atoms with Crippen LogP contribution in [-0.4, -0.2) is 21.5 Å². The molecule has 0 aliphatic carbocycles. The molecule has 0 bridgehead atoms. The molecule has 1 heterocycles. The normalized spacial score (nSPS) is 11.7. The minimum Gasteiger partial charge on any atom is -0.335 e. The number of ketones is 1. The highest BCUT2D eigenvalue weighted by Crippen LogP contribution is 2.20. The Kier molecular flexibility index (Phi) is 3.49. The summed E-state index contributed by atoms with van der Waals surface area (Å²) in [6.07, 6.45) is -2.97. The van der Waals surface area contributed by atoms with Gasteiger partial charge < -0.3 is 4.57 Å². The molecule has 0 spiro atoms. The average molecular weight is 220 g/mol. The van der Waals surface area contributed by atoms with Gasteiger partial charge in [0.15, 0.2) is 0 Å². The zero-order valence-electron chi connectivity index (χ0n) is 8.21. The largest absolute Gasteiger partial charge is 0.395 e. The van der Waals surface area contributed by atoms with Crippen LogP contribution in [0.3, 0.4) is 0 Å². The van der Waals surface area contributed by atoms with Crippen molar-refractivity contribution in [2.45, 2.75) is 32.5 Å². The number of aryl methyl sites for hydroxylation is 1. The molecule has 0 saturated carbocycles. The SMILES string of the molecule is CCn1ccnc1CC(=O)CC(F)(F)F. The Morgan fingerprint density at radius 3 is 2.73 bits per heavy atom. The number of carbonyl (C=O) groups excluding carboxylic acids is 1. The van der Waals surface area contributed by atoms with Crippen molar-refractivity contribution < 1.29 is 18.0 Å². The van der Waals surface area contributed by atoms with Crippen molar-refractivity contribution in [3.05, 3.63) is 18.2 Å². The van der Waals surface area contributed by atoms with Crippen LogP contribution in [0.4, 0.5) is 13.2 Å². The zero-order valence-corrected chi connectivity index (χ0v) is 8.21. The second kappa shape index (κ2) is 4.46. The van der Waals surface area contributed by atoms with Crippen molar-refractivity contribution >= 4 is 5.78 Å². The Balaban J connectivity index is 2.59. The maximum Gasteiger partial charge on any atom is 0.395 e. The first kappa shape index (κ1) is 11.7. The fourth-order valence-electron chi connectivity index (χ4n) is 1.26. The predicted octanol–water partition coefficient (Wildman–Crippen LogP) is 1.97. The van der Waals surface area contributed by atoms with E-state index >= 15 is 0 Å². The van der Waals surface area contributed by atoms with Gasteiger partial charge in [0.1, 0.15) is 18.0 Å². The smallest absolute Gasteiger partial charge is 0.335 e. The monoisotopic (exact) mass is 220 g/mol. The molecule has 0 aliphatic heterocycles. The van der Waals surface area contributed by atoms with E-state index in [1.54, 1.807) is 10.8 Å². The molecule has 3 nitrogen and oxygen atoms in total. The number of rotatable bonds is 4. The summed E-state index contributed by atoms with van der Waals surface area (Å²) < 4.78 is 37.3. The molecule has 0 saturated heterocycles. The van der Waals surface area contributed by atoms with E-state index in [0.717, 1.165) is 0 Å².